The molecule has 72 valence electrons. The molecule has 0 bridgehead atoms. The summed E-state index contributed by atoms with van der Waals surface area (Å²) < 4.78 is 0. The molecule has 2 aromatic rings. The molecule has 3 heteroatoms. The van der Waals surface area contributed by atoms with Gasteiger partial charge in [-0.05, 0) is 28.8 Å². The number of hydrogen-bond acceptors (Lipinski definition) is 1. The summed E-state index contributed by atoms with van der Waals surface area (Å²) in [4.78, 5) is 7.16. The van der Waals surface area contributed by atoms with Crippen LogP contribution in [0.2, 0.25) is 5.15 Å². The lowest BCUT2D eigenvalue weighted by atomic mass is 10.1. The number of nitrogens with zero attached hydrogens (tertiary/aromatic N) is 2. The van der Waals surface area contributed by atoms with Crippen molar-refractivity contribution in [2.24, 2.45) is 0 Å². The van der Waals surface area contributed by atoms with E-state index in [9.17, 15) is 0 Å². The summed E-state index contributed by atoms with van der Waals surface area (Å²) in [6.45, 7) is 6.90. The smallest absolute Gasteiger partial charge is 0.271 e. The zero-order valence-corrected chi connectivity index (χ0v) is 8.57. The second kappa shape index (κ2) is 4.12. The highest BCUT2D eigenvalue weighted by Gasteiger charge is 2.04. The van der Waals surface area contributed by atoms with E-state index in [1.165, 1.54) is 0 Å². The van der Waals surface area contributed by atoms with Gasteiger partial charge in [-0.1, -0.05) is 36.9 Å². The maximum absolute atomic E-state index is 6.90. The molecule has 0 saturated heterocycles. The lowest BCUT2D eigenvalue weighted by Crippen LogP contribution is -1.80. The third-order valence-electron chi connectivity index (χ3n) is 2.00. The summed E-state index contributed by atoms with van der Waals surface area (Å²) in [6.07, 6.45) is 0. The Bertz CT molecular complexity index is 515. The third-order valence-corrected chi connectivity index (χ3v) is 2.20. The molecule has 0 radical (unpaired) electrons. The molecule has 0 aliphatic heterocycles. The first-order chi connectivity index (χ1) is 7.29. The molecular weight excluding hydrogens is 208 g/mol. The van der Waals surface area contributed by atoms with E-state index in [4.69, 9.17) is 18.2 Å². The van der Waals surface area contributed by atoms with Crippen molar-refractivity contribution in [3.05, 3.63) is 59.0 Å². The van der Waals surface area contributed by atoms with Crippen LogP contribution in [0.1, 0.15) is 0 Å². The monoisotopic (exact) mass is 214 g/mol. The van der Waals surface area contributed by atoms with Crippen molar-refractivity contribution in [2.45, 2.75) is 0 Å². The van der Waals surface area contributed by atoms with E-state index < -0.39 is 0 Å². The van der Waals surface area contributed by atoms with Crippen LogP contribution in [0.4, 0.5) is 5.82 Å². The van der Waals surface area contributed by atoms with Crippen molar-refractivity contribution >= 4 is 17.4 Å². The first-order valence-electron chi connectivity index (χ1n) is 4.40. The number of halogens is 1. The Labute approximate surface area is 93.0 Å². The van der Waals surface area contributed by atoms with Crippen molar-refractivity contribution in [2.75, 3.05) is 0 Å². The van der Waals surface area contributed by atoms with Crippen LogP contribution in [-0.2, 0) is 0 Å². The van der Waals surface area contributed by atoms with Crippen LogP contribution in [0.25, 0.3) is 16.0 Å². The molecule has 0 spiro atoms. The van der Waals surface area contributed by atoms with Crippen LogP contribution in [0.15, 0.2) is 42.5 Å². The Morgan fingerprint density at radius 2 is 1.80 bits per heavy atom. The van der Waals surface area contributed by atoms with Crippen LogP contribution in [0, 0.1) is 6.57 Å². The van der Waals surface area contributed by atoms with E-state index in [1.807, 2.05) is 30.3 Å². The van der Waals surface area contributed by atoms with Gasteiger partial charge in [-0.3, -0.25) is 0 Å². The SMILES string of the molecule is [C-]#[N+]c1cc(-c2ccccc2)cc(Cl)n1. The second-order valence-corrected chi connectivity index (χ2v) is 3.40. The lowest BCUT2D eigenvalue weighted by Gasteiger charge is -2.00. The molecule has 0 aliphatic rings. The van der Waals surface area contributed by atoms with Gasteiger partial charge >= 0.3 is 0 Å². The predicted molar refractivity (Wildman–Crippen MR) is 60.9 cm³/mol. The average molecular weight is 215 g/mol. The first kappa shape index (κ1) is 9.70. The fraction of sp³-hybridized carbons (Fsp3) is 0. The Morgan fingerprint density at radius 1 is 1.07 bits per heavy atom. The van der Waals surface area contributed by atoms with Gasteiger partial charge in [-0.25, -0.2) is 0 Å². The maximum atomic E-state index is 6.90. The Balaban J connectivity index is 2.55. The number of hydrogen-bond donors (Lipinski definition) is 0. The quantitative estimate of drug-likeness (QED) is 0.519. The van der Waals surface area contributed by atoms with Crippen molar-refractivity contribution < 1.29 is 0 Å². The normalized spacial score (nSPS) is 9.60. The highest BCUT2D eigenvalue weighted by Crippen LogP contribution is 2.25. The zero-order valence-electron chi connectivity index (χ0n) is 7.81. The van der Waals surface area contributed by atoms with E-state index >= 15 is 0 Å². The van der Waals surface area contributed by atoms with Gasteiger partial charge in [0.25, 0.3) is 5.82 Å². The molecule has 0 aliphatic carbocycles. The lowest BCUT2D eigenvalue weighted by molar-refractivity contribution is 1.35. The minimum Gasteiger partial charge on any atom is -0.361 e. The summed E-state index contributed by atoms with van der Waals surface area (Å²) in [5, 5.41) is 0.349. The van der Waals surface area contributed by atoms with Gasteiger partial charge in [0.1, 0.15) is 0 Å². The number of aromatic nitrogens is 1. The standard InChI is InChI=1S/C12H7ClN2/c1-14-12-8-10(7-11(13)15-12)9-5-3-2-4-6-9/h2-8H. The van der Waals surface area contributed by atoms with E-state index in [1.54, 1.807) is 12.1 Å². The predicted octanol–water partition coefficient (Wildman–Crippen LogP) is 3.95. The largest absolute Gasteiger partial charge is 0.361 e. The minimum atomic E-state index is 0.321. The molecule has 1 aromatic carbocycles. The van der Waals surface area contributed by atoms with Gasteiger partial charge in [0.2, 0.25) is 5.15 Å². The molecule has 2 nitrogen and oxygen atoms in total. The van der Waals surface area contributed by atoms with Gasteiger partial charge in [0.15, 0.2) is 0 Å². The second-order valence-electron chi connectivity index (χ2n) is 3.01. The van der Waals surface area contributed by atoms with Crippen LogP contribution in [-0.4, -0.2) is 4.98 Å². The Kier molecular flexibility index (Phi) is 2.66. The van der Waals surface area contributed by atoms with Crippen molar-refractivity contribution in [1.82, 2.24) is 4.98 Å². The molecule has 1 aromatic heterocycles. The molecule has 0 unspecified atom stereocenters. The minimum absolute atomic E-state index is 0.321. The molecule has 0 amide bonds. The Morgan fingerprint density at radius 3 is 2.47 bits per heavy atom. The highest BCUT2D eigenvalue weighted by atomic mass is 35.5. The maximum Gasteiger partial charge on any atom is 0.271 e. The molecule has 2 rings (SSSR count). The summed E-state index contributed by atoms with van der Waals surface area (Å²) in [6, 6.07) is 13.3. The van der Waals surface area contributed by atoms with E-state index in [0.29, 0.717) is 11.0 Å². The molecule has 0 saturated carbocycles. The molecule has 1 heterocycles. The zero-order chi connectivity index (χ0) is 10.7. The van der Waals surface area contributed by atoms with Crippen LogP contribution in [0.5, 0.6) is 0 Å². The topological polar surface area (TPSA) is 17.2 Å². The van der Waals surface area contributed by atoms with E-state index in [0.717, 1.165) is 11.1 Å². The fourth-order valence-corrected chi connectivity index (χ4v) is 1.54. The summed E-state index contributed by atoms with van der Waals surface area (Å²) in [5.74, 6) is 0.321. The van der Waals surface area contributed by atoms with Gasteiger partial charge < -0.3 is 4.85 Å². The van der Waals surface area contributed by atoms with Gasteiger partial charge in [0, 0.05) is 6.07 Å². The summed E-state index contributed by atoms with van der Waals surface area (Å²) in [5.41, 5.74) is 1.95. The van der Waals surface area contributed by atoms with Crippen LogP contribution >= 0.6 is 11.6 Å². The molecular formula is C12H7ClN2. The van der Waals surface area contributed by atoms with E-state index in [2.05, 4.69) is 9.83 Å². The molecule has 0 N–H and O–H groups in total. The number of benzene rings is 1. The van der Waals surface area contributed by atoms with Gasteiger partial charge in [-0.15, -0.1) is 4.98 Å². The fourth-order valence-electron chi connectivity index (χ4n) is 1.34. The first-order valence-corrected chi connectivity index (χ1v) is 4.78. The van der Waals surface area contributed by atoms with Crippen LogP contribution < -0.4 is 0 Å². The number of pyridine rings is 1. The van der Waals surface area contributed by atoms with Crippen molar-refractivity contribution in [3.8, 4) is 11.1 Å². The molecule has 0 fully saturated rings. The van der Waals surface area contributed by atoms with Crippen LogP contribution in [0.3, 0.4) is 0 Å². The van der Waals surface area contributed by atoms with E-state index in [-0.39, 0.29) is 0 Å². The summed E-state index contributed by atoms with van der Waals surface area (Å²) in [7, 11) is 0. The Hall–Kier alpha value is -1.85. The van der Waals surface area contributed by atoms with Gasteiger partial charge in [-0.2, -0.15) is 0 Å². The van der Waals surface area contributed by atoms with Crippen molar-refractivity contribution in [1.29, 1.82) is 0 Å². The average Bonchev–Trinajstić information content (AvgIpc) is 2.29. The van der Waals surface area contributed by atoms with Crippen molar-refractivity contribution in [3.63, 3.8) is 0 Å². The summed E-state index contributed by atoms with van der Waals surface area (Å²) >= 11 is 5.82. The third kappa shape index (κ3) is 2.15. The number of rotatable bonds is 1. The molecule has 15 heavy (non-hydrogen) atoms. The molecule has 0 atom stereocenters. The highest BCUT2D eigenvalue weighted by molar-refractivity contribution is 6.29. The van der Waals surface area contributed by atoms with Gasteiger partial charge in [0.05, 0.1) is 0 Å².